The summed E-state index contributed by atoms with van der Waals surface area (Å²) in [7, 11) is 0. The Kier molecular flexibility index (Phi) is 3.16. The van der Waals surface area contributed by atoms with E-state index >= 15 is 0 Å². The monoisotopic (exact) mass is 197 g/mol. The van der Waals surface area contributed by atoms with Crippen LogP contribution in [-0.2, 0) is 0 Å². The van der Waals surface area contributed by atoms with Crippen LogP contribution in [0.15, 0.2) is 29.3 Å². The van der Waals surface area contributed by atoms with E-state index in [0.29, 0.717) is 5.02 Å². The van der Waals surface area contributed by atoms with Crippen LogP contribution in [-0.4, -0.2) is 0 Å². The number of nitrogens with zero attached hydrogens (tertiary/aromatic N) is 1. The van der Waals surface area contributed by atoms with E-state index in [9.17, 15) is 0 Å². The fraction of sp³-hybridized carbons (Fsp3) is 0. The zero-order chi connectivity index (χ0) is 8.97. The van der Waals surface area contributed by atoms with Crippen molar-refractivity contribution in [2.45, 2.75) is 0 Å². The van der Waals surface area contributed by atoms with Gasteiger partial charge in [0.15, 0.2) is 0 Å². The maximum atomic E-state index is 8.38. The number of hydrogen-bond donors (Lipinski definition) is 0. The average Bonchev–Trinajstić information content (AvgIpc) is 2.04. The molecule has 0 spiro atoms. The first kappa shape index (κ1) is 9.12. The van der Waals surface area contributed by atoms with Crippen molar-refractivity contribution in [1.82, 2.24) is 0 Å². The van der Waals surface area contributed by atoms with E-state index in [2.05, 4.69) is 0 Å². The summed E-state index contributed by atoms with van der Waals surface area (Å²) in [5.41, 5.74) is 0.828. The van der Waals surface area contributed by atoms with E-state index in [0.717, 1.165) is 5.56 Å². The predicted octanol–water partition coefficient (Wildman–Crippen LogP) is 3.44. The van der Waals surface area contributed by atoms with Gasteiger partial charge in [-0.25, -0.2) is 0 Å². The number of allylic oxidation sites excluding steroid dienone is 1. The standard InChI is InChI=1S/C9H5Cl2N/c10-8-3-1-2-7(4-8)5-9(11)6-12/h1-5H. The van der Waals surface area contributed by atoms with Crippen molar-refractivity contribution in [3.05, 3.63) is 39.9 Å². The molecule has 0 saturated carbocycles. The Hall–Kier alpha value is -0.970. The second kappa shape index (κ2) is 4.15. The van der Waals surface area contributed by atoms with E-state index in [1.807, 2.05) is 12.1 Å². The van der Waals surface area contributed by atoms with Crippen LogP contribution < -0.4 is 0 Å². The molecule has 1 aromatic carbocycles. The highest BCUT2D eigenvalue weighted by molar-refractivity contribution is 6.34. The third kappa shape index (κ3) is 2.58. The van der Waals surface area contributed by atoms with Crippen LogP contribution in [0.3, 0.4) is 0 Å². The highest BCUT2D eigenvalue weighted by Gasteiger charge is 1.92. The molecule has 0 atom stereocenters. The Balaban J connectivity index is 2.99. The highest BCUT2D eigenvalue weighted by atomic mass is 35.5. The molecule has 0 aliphatic carbocycles. The van der Waals surface area contributed by atoms with Crippen molar-refractivity contribution in [2.24, 2.45) is 0 Å². The molecule has 0 aliphatic rings. The van der Waals surface area contributed by atoms with Crippen molar-refractivity contribution in [3.8, 4) is 6.07 Å². The first-order chi connectivity index (χ1) is 5.72. The Morgan fingerprint density at radius 2 is 2.25 bits per heavy atom. The molecule has 1 rings (SSSR count). The summed E-state index contributed by atoms with van der Waals surface area (Å²) in [5.74, 6) is 0. The zero-order valence-electron chi connectivity index (χ0n) is 6.09. The average molecular weight is 198 g/mol. The fourth-order valence-electron chi connectivity index (χ4n) is 0.775. The summed E-state index contributed by atoms with van der Waals surface area (Å²) < 4.78 is 0. The Morgan fingerprint density at radius 3 is 2.83 bits per heavy atom. The van der Waals surface area contributed by atoms with Crippen molar-refractivity contribution in [1.29, 1.82) is 5.26 Å². The number of rotatable bonds is 1. The molecule has 12 heavy (non-hydrogen) atoms. The third-order valence-electron chi connectivity index (χ3n) is 1.25. The lowest BCUT2D eigenvalue weighted by molar-refractivity contribution is 1.53. The molecule has 1 aromatic rings. The number of benzene rings is 1. The van der Waals surface area contributed by atoms with Crippen molar-refractivity contribution in [2.75, 3.05) is 0 Å². The van der Waals surface area contributed by atoms with Gasteiger partial charge in [0.25, 0.3) is 0 Å². The molecular formula is C9H5Cl2N. The molecule has 0 saturated heterocycles. The van der Waals surface area contributed by atoms with Gasteiger partial charge in [-0.15, -0.1) is 0 Å². The second-order valence-electron chi connectivity index (χ2n) is 2.16. The van der Waals surface area contributed by atoms with Gasteiger partial charge >= 0.3 is 0 Å². The van der Waals surface area contributed by atoms with Gasteiger partial charge < -0.3 is 0 Å². The molecule has 1 nitrogen and oxygen atoms in total. The lowest BCUT2D eigenvalue weighted by Gasteiger charge is -1.92. The van der Waals surface area contributed by atoms with Gasteiger partial charge in [0.1, 0.15) is 11.1 Å². The molecule has 3 heteroatoms. The smallest absolute Gasteiger partial charge is 0.118 e. The topological polar surface area (TPSA) is 23.8 Å². The van der Waals surface area contributed by atoms with Crippen LogP contribution in [0.25, 0.3) is 6.08 Å². The normalized spacial score (nSPS) is 10.9. The number of nitriles is 1. The molecule has 0 aromatic heterocycles. The van der Waals surface area contributed by atoms with Gasteiger partial charge in [-0.05, 0) is 23.8 Å². The summed E-state index contributed by atoms with van der Waals surface area (Å²) in [6, 6.07) is 8.94. The van der Waals surface area contributed by atoms with Crippen LogP contribution in [0.1, 0.15) is 5.56 Å². The minimum atomic E-state index is 0.150. The second-order valence-corrected chi connectivity index (χ2v) is 3.00. The minimum Gasteiger partial charge on any atom is -0.191 e. The predicted molar refractivity (Wildman–Crippen MR) is 50.9 cm³/mol. The molecule has 0 unspecified atom stereocenters. The van der Waals surface area contributed by atoms with E-state index in [1.165, 1.54) is 0 Å². The molecule has 0 amide bonds. The van der Waals surface area contributed by atoms with E-state index in [-0.39, 0.29) is 5.03 Å². The van der Waals surface area contributed by atoms with Crippen molar-refractivity contribution >= 4 is 29.3 Å². The molecule has 0 N–H and O–H groups in total. The minimum absolute atomic E-state index is 0.150. The number of hydrogen-bond acceptors (Lipinski definition) is 1. The molecule has 0 heterocycles. The maximum Gasteiger partial charge on any atom is 0.118 e. The molecule has 0 fully saturated rings. The Morgan fingerprint density at radius 1 is 1.50 bits per heavy atom. The van der Waals surface area contributed by atoms with Crippen LogP contribution in [0.2, 0.25) is 5.02 Å². The van der Waals surface area contributed by atoms with Gasteiger partial charge in [0.05, 0.1) is 0 Å². The highest BCUT2D eigenvalue weighted by Crippen LogP contribution is 2.14. The molecule has 0 bridgehead atoms. The molecule has 0 radical (unpaired) electrons. The summed E-state index contributed by atoms with van der Waals surface area (Å²) in [4.78, 5) is 0. The van der Waals surface area contributed by atoms with Crippen LogP contribution in [0, 0.1) is 11.3 Å². The lowest BCUT2D eigenvalue weighted by atomic mass is 10.2. The molecule has 60 valence electrons. The van der Waals surface area contributed by atoms with E-state index in [1.54, 1.807) is 24.3 Å². The molecule has 0 aliphatic heterocycles. The van der Waals surface area contributed by atoms with Crippen molar-refractivity contribution < 1.29 is 0 Å². The fourth-order valence-corrected chi connectivity index (χ4v) is 1.10. The summed E-state index contributed by atoms with van der Waals surface area (Å²) in [6.07, 6.45) is 1.56. The zero-order valence-corrected chi connectivity index (χ0v) is 7.60. The maximum absolute atomic E-state index is 8.38. The molecular weight excluding hydrogens is 193 g/mol. The first-order valence-corrected chi connectivity index (χ1v) is 4.01. The number of halogens is 2. The lowest BCUT2D eigenvalue weighted by Crippen LogP contribution is -1.72. The summed E-state index contributed by atoms with van der Waals surface area (Å²) in [5, 5.41) is 9.16. The Labute approximate surface area is 80.8 Å². The van der Waals surface area contributed by atoms with Gasteiger partial charge in [-0.3, -0.25) is 0 Å². The third-order valence-corrected chi connectivity index (χ3v) is 1.68. The van der Waals surface area contributed by atoms with Gasteiger partial charge in [-0.2, -0.15) is 5.26 Å². The first-order valence-electron chi connectivity index (χ1n) is 3.25. The van der Waals surface area contributed by atoms with Crippen LogP contribution in [0.4, 0.5) is 0 Å². The van der Waals surface area contributed by atoms with Gasteiger partial charge in [0.2, 0.25) is 0 Å². The largest absolute Gasteiger partial charge is 0.191 e. The van der Waals surface area contributed by atoms with Crippen molar-refractivity contribution in [3.63, 3.8) is 0 Å². The van der Waals surface area contributed by atoms with Crippen LogP contribution in [0.5, 0.6) is 0 Å². The van der Waals surface area contributed by atoms with Gasteiger partial charge in [-0.1, -0.05) is 35.3 Å². The summed E-state index contributed by atoms with van der Waals surface area (Å²) >= 11 is 11.2. The quantitative estimate of drug-likeness (QED) is 0.634. The van der Waals surface area contributed by atoms with Gasteiger partial charge in [0, 0.05) is 5.02 Å². The van der Waals surface area contributed by atoms with E-state index < -0.39 is 0 Å². The van der Waals surface area contributed by atoms with Crippen LogP contribution >= 0.6 is 23.2 Å². The SMILES string of the molecule is N#CC(Cl)=Cc1cccc(Cl)c1. The Bertz CT molecular complexity index is 350. The van der Waals surface area contributed by atoms with E-state index in [4.69, 9.17) is 28.5 Å². The summed E-state index contributed by atoms with van der Waals surface area (Å²) in [6.45, 7) is 0.